The predicted octanol–water partition coefficient (Wildman–Crippen LogP) is 2.94. The molecule has 0 unspecified atom stereocenters. The number of methoxy groups -OCH3 is 1. The van der Waals surface area contributed by atoms with E-state index in [1.807, 2.05) is 31.2 Å². The number of rotatable bonds is 6. The molecule has 2 aromatic rings. The predicted molar refractivity (Wildman–Crippen MR) is 106 cm³/mol. The molecule has 0 saturated carbocycles. The van der Waals surface area contributed by atoms with Crippen molar-refractivity contribution in [3.8, 4) is 0 Å². The molecule has 0 N–H and O–H groups in total. The second-order valence-electron chi connectivity index (χ2n) is 6.86. The van der Waals surface area contributed by atoms with Crippen LogP contribution in [0.1, 0.15) is 34.3 Å². The Balaban J connectivity index is 1.80. The highest BCUT2D eigenvalue weighted by atomic mass is 16.5. The van der Waals surface area contributed by atoms with Gasteiger partial charge in [-0.15, -0.1) is 0 Å². The Morgan fingerprint density at radius 1 is 1.11 bits per heavy atom. The number of nitrogens with zero attached hydrogens (tertiary/aromatic N) is 2. The molecule has 1 saturated heterocycles. The Morgan fingerprint density at radius 3 is 2.43 bits per heavy atom. The van der Waals surface area contributed by atoms with Gasteiger partial charge >= 0.3 is 5.97 Å². The van der Waals surface area contributed by atoms with Gasteiger partial charge in [-0.1, -0.05) is 24.3 Å². The monoisotopic (exact) mass is 380 g/mol. The zero-order chi connectivity index (χ0) is 20.1. The summed E-state index contributed by atoms with van der Waals surface area (Å²) in [5.74, 6) is -0.625. The van der Waals surface area contributed by atoms with Crippen LogP contribution in [0.4, 0.5) is 5.69 Å². The van der Waals surface area contributed by atoms with Crippen LogP contribution in [0.15, 0.2) is 48.5 Å². The molecular weight excluding hydrogens is 356 g/mol. The van der Waals surface area contributed by atoms with Gasteiger partial charge in [0.15, 0.2) is 0 Å². The number of benzene rings is 2. The summed E-state index contributed by atoms with van der Waals surface area (Å²) in [6, 6.07) is 14.7. The molecule has 2 amide bonds. The minimum Gasteiger partial charge on any atom is -0.468 e. The largest absolute Gasteiger partial charge is 0.468 e. The molecule has 1 heterocycles. The van der Waals surface area contributed by atoms with Crippen molar-refractivity contribution in [2.75, 3.05) is 25.1 Å². The van der Waals surface area contributed by atoms with Crippen molar-refractivity contribution >= 4 is 23.5 Å². The first kappa shape index (κ1) is 19.6. The van der Waals surface area contributed by atoms with Gasteiger partial charge in [0, 0.05) is 30.8 Å². The van der Waals surface area contributed by atoms with Crippen molar-refractivity contribution in [3.05, 3.63) is 65.2 Å². The van der Waals surface area contributed by atoms with Crippen LogP contribution >= 0.6 is 0 Å². The maximum atomic E-state index is 13.0. The molecule has 0 bridgehead atoms. The summed E-state index contributed by atoms with van der Waals surface area (Å²) in [4.78, 5) is 40.0. The molecule has 1 aliphatic rings. The summed E-state index contributed by atoms with van der Waals surface area (Å²) in [5, 5.41) is 0. The maximum Gasteiger partial charge on any atom is 0.325 e. The van der Waals surface area contributed by atoms with Gasteiger partial charge in [-0.2, -0.15) is 0 Å². The van der Waals surface area contributed by atoms with Crippen LogP contribution in [-0.2, 0) is 20.9 Å². The quantitative estimate of drug-likeness (QED) is 0.723. The topological polar surface area (TPSA) is 66.9 Å². The Labute approximate surface area is 164 Å². The lowest BCUT2D eigenvalue weighted by molar-refractivity contribution is -0.141. The van der Waals surface area contributed by atoms with Crippen LogP contribution in [0.2, 0.25) is 0 Å². The van der Waals surface area contributed by atoms with Gasteiger partial charge in [0.05, 0.1) is 7.11 Å². The smallest absolute Gasteiger partial charge is 0.325 e. The van der Waals surface area contributed by atoms with Gasteiger partial charge in [-0.05, 0) is 48.7 Å². The summed E-state index contributed by atoms with van der Waals surface area (Å²) >= 11 is 0. The van der Waals surface area contributed by atoms with E-state index in [1.54, 1.807) is 29.2 Å². The van der Waals surface area contributed by atoms with E-state index in [0.717, 1.165) is 23.2 Å². The van der Waals surface area contributed by atoms with E-state index < -0.39 is 5.97 Å². The third-order valence-electron chi connectivity index (χ3n) is 4.96. The standard InChI is InChI=1S/C22H24N2O4/c1-16-6-3-4-7-18(16)14-23(15-21(26)28-2)22(27)17-9-11-19(12-10-17)24-13-5-8-20(24)25/h3-4,6-7,9-12H,5,8,13-15H2,1-2H3. The van der Waals surface area contributed by atoms with Gasteiger partial charge in [0.2, 0.25) is 5.91 Å². The van der Waals surface area contributed by atoms with Gasteiger partial charge in [0.1, 0.15) is 6.54 Å². The van der Waals surface area contributed by atoms with Gasteiger partial charge < -0.3 is 14.5 Å². The fraction of sp³-hybridized carbons (Fsp3) is 0.318. The van der Waals surface area contributed by atoms with E-state index in [0.29, 0.717) is 25.1 Å². The maximum absolute atomic E-state index is 13.0. The lowest BCUT2D eigenvalue weighted by Crippen LogP contribution is -2.36. The summed E-state index contributed by atoms with van der Waals surface area (Å²) < 4.78 is 4.76. The number of hydrogen-bond donors (Lipinski definition) is 0. The highest BCUT2D eigenvalue weighted by Crippen LogP contribution is 2.22. The number of hydrogen-bond acceptors (Lipinski definition) is 4. The van der Waals surface area contributed by atoms with E-state index in [1.165, 1.54) is 12.0 Å². The Kier molecular flexibility index (Phi) is 6.09. The highest BCUT2D eigenvalue weighted by Gasteiger charge is 2.23. The minimum absolute atomic E-state index is 0.103. The van der Waals surface area contributed by atoms with Crippen LogP contribution in [0.25, 0.3) is 0 Å². The third-order valence-corrected chi connectivity index (χ3v) is 4.96. The van der Waals surface area contributed by atoms with Crippen LogP contribution in [-0.4, -0.2) is 42.9 Å². The number of carbonyl (C=O) groups excluding carboxylic acids is 3. The second kappa shape index (κ2) is 8.69. The average molecular weight is 380 g/mol. The summed E-state index contributed by atoms with van der Waals surface area (Å²) in [6.45, 7) is 2.86. The van der Waals surface area contributed by atoms with E-state index in [4.69, 9.17) is 4.74 Å². The van der Waals surface area contributed by atoms with Gasteiger partial charge in [0.25, 0.3) is 5.91 Å². The first-order valence-corrected chi connectivity index (χ1v) is 9.30. The van der Waals surface area contributed by atoms with Crippen molar-refractivity contribution in [2.24, 2.45) is 0 Å². The van der Waals surface area contributed by atoms with Crippen molar-refractivity contribution in [3.63, 3.8) is 0 Å². The first-order valence-electron chi connectivity index (χ1n) is 9.30. The molecule has 3 rings (SSSR count). The molecular formula is C22H24N2O4. The van der Waals surface area contributed by atoms with Crippen LogP contribution < -0.4 is 4.90 Å². The molecule has 28 heavy (non-hydrogen) atoms. The van der Waals surface area contributed by atoms with Crippen molar-refractivity contribution in [1.29, 1.82) is 0 Å². The van der Waals surface area contributed by atoms with E-state index in [2.05, 4.69) is 0 Å². The average Bonchev–Trinajstić information content (AvgIpc) is 3.14. The van der Waals surface area contributed by atoms with Crippen LogP contribution in [0, 0.1) is 6.92 Å². The number of amides is 2. The van der Waals surface area contributed by atoms with Gasteiger partial charge in [-0.25, -0.2) is 0 Å². The molecule has 0 aromatic heterocycles. The SMILES string of the molecule is COC(=O)CN(Cc1ccccc1C)C(=O)c1ccc(N2CCCC2=O)cc1. The molecule has 6 heteroatoms. The molecule has 6 nitrogen and oxygen atoms in total. The van der Waals surface area contributed by atoms with Crippen LogP contribution in [0.3, 0.4) is 0 Å². The summed E-state index contributed by atoms with van der Waals surface area (Å²) in [7, 11) is 1.31. The fourth-order valence-electron chi connectivity index (χ4n) is 3.30. The lowest BCUT2D eigenvalue weighted by atomic mass is 10.1. The van der Waals surface area contributed by atoms with E-state index in [9.17, 15) is 14.4 Å². The molecule has 1 fully saturated rings. The van der Waals surface area contributed by atoms with Crippen molar-refractivity contribution in [2.45, 2.75) is 26.3 Å². The molecule has 2 aromatic carbocycles. The van der Waals surface area contributed by atoms with E-state index >= 15 is 0 Å². The molecule has 0 aliphatic carbocycles. The summed E-state index contributed by atoms with van der Waals surface area (Å²) in [5.41, 5.74) is 3.28. The lowest BCUT2D eigenvalue weighted by Gasteiger charge is -2.23. The normalized spacial score (nSPS) is 13.5. The first-order chi connectivity index (χ1) is 13.5. The molecule has 1 aliphatic heterocycles. The fourth-order valence-corrected chi connectivity index (χ4v) is 3.30. The highest BCUT2D eigenvalue weighted by molar-refractivity contribution is 5.98. The van der Waals surface area contributed by atoms with Crippen molar-refractivity contribution in [1.82, 2.24) is 4.90 Å². The van der Waals surface area contributed by atoms with Crippen LogP contribution in [0.5, 0.6) is 0 Å². The number of esters is 1. The zero-order valence-corrected chi connectivity index (χ0v) is 16.2. The zero-order valence-electron chi connectivity index (χ0n) is 16.2. The number of ether oxygens (including phenoxy) is 1. The summed E-state index contributed by atoms with van der Waals surface area (Å²) in [6.07, 6.45) is 1.41. The second-order valence-corrected chi connectivity index (χ2v) is 6.86. The minimum atomic E-state index is -0.471. The molecule has 0 radical (unpaired) electrons. The molecule has 0 spiro atoms. The van der Waals surface area contributed by atoms with Crippen molar-refractivity contribution < 1.29 is 19.1 Å². The van der Waals surface area contributed by atoms with Gasteiger partial charge in [-0.3, -0.25) is 14.4 Å². The number of aryl methyl sites for hydroxylation is 1. The number of carbonyl (C=O) groups is 3. The molecule has 0 atom stereocenters. The Bertz CT molecular complexity index is 876. The molecule has 146 valence electrons. The number of anilines is 1. The van der Waals surface area contributed by atoms with E-state index in [-0.39, 0.29) is 18.4 Å². The third kappa shape index (κ3) is 4.39. The Hall–Kier alpha value is -3.15. The Morgan fingerprint density at radius 2 is 1.82 bits per heavy atom.